The Morgan fingerprint density at radius 2 is 0.965 bits per heavy atom. The van der Waals surface area contributed by atoms with E-state index in [1.165, 1.54) is 86.6 Å². The van der Waals surface area contributed by atoms with Crippen LogP contribution in [0.25, 0.3) is 75.5 Å². The summed E-state index contributed by atoms with van der Waals surface area (Å²) in [5.74, 6) is 0. The summed E-state index contributed by atoms with van der Waals surface area (Å²) in [6.45, 7) is 4.73. The van der Waals surface area contributed by atoms with Gasteiger partial charge in [0.1, 0.15) is 0 Å². The van der Waals surface area contributed by atoms with Gasteiger partial charge in [-0.2, -0.15) is 0 Å². The molecular weight excluding hydrogens is 707 g/mol. The minimum atomic E-state index is -0.120. The van der Waals surface area contributed by atoms with Gasteiger partial charge in [0.05, 0.1) is 0 Å². The van der Waals surface area contributed by atoms with Crippen LogP contribution < -0.4 is 4.90 Å². The highest BCUT2D eigenvalue weighted by molar-refractivity contribution is 7.26. The average Bonchev–Trinajstić information content (AvgIpc) is 3.75. The highest BCUT2D eigenvalue weighted by Crippen LogP contribution is 2.52. The molecule has 1 aromatic heterocycles. The minimum absolute atomic E-state index is 0.120. The number of fused-ring (bicyclic) bond motifs is 7. The Morgan fingerprint density at radius 1 is 0.368 bits per heavy atom. The predicted molar refractivity (Wildman–Crippen MR) is 245 cm³/mol. The van der Waals surface area contributed by atoms with Crippen molar-refractivity contribution in [3.63, 3.8) is 0 Å². The van der Waals surface area contributed by atoms with E-state index in [1.54, 1.807) is 0 Å². The largest absolute Gasteiger partial charge is 0.310 e. The van der Waals surface area contributed by atoms with Gasteiger partial charge >= 0.3 is 0 Å². The SMILES string of the molecule is CC1(C)c2ccccc2-c2ccc(N(c3ccc(-c4cccc5ccccc45)cc3)c3cc(-c4ccc(-c5ccccc5)cc4)c4sc5ccccc5c4c3)cc21. The second-order valence-corrected chi connectivity index (χ2v) is 16.8. The molecule has 0 bridgehead atoms. The molecule has 0 saturated carbocycles. The van der Waals surface area contributed by atoms with Gasteiger partial charge in [-0.05, 0) is 103 Å². The molecule has 57 heavy (non-hydrogen) atoms. The summed E-state index contributed by atoms with van der Waals surface area (Å²) < 4.78 is 2.61. The fraction of sp³-hybridized carbons (Fsp3) is 0.0545. The van der Waals surface area contributed by atoms with E-state index in [0.717, 1.165) is 17.1 Å². The monoisotopic (exact) mass is 745 g/mol. The van der Waals surface area contributed by atoms with E-state index in [-0.39, 0.29) is 5.41 Å². The van der Waals surface area contributed by atoms with Crippen LogP contribution in [0.5, 0.6) is 0 Å². The first-order chi connectivity index (χ1) is 28.0. The van der Waals surface area contributed by atoms with E-state index >= 15 is 0 Å². The maximum Gasteiger partial charge on any atom is 0.0475 e. The molecule has 1 aliphatic rings. The van der Waals surface area contributed by atoms with E-state index < -0.39 is 0 Å². The fourth-order valence-corrected chi connectivity index (χ4v) is 10.4. The molecule has 0 atom stereocenters. The molecular formula is C55H39NS. The Bertz CT molecular complexity index is 3130. The molecule has 0 radical (unpaired) electrons. The molecule has 2 heteroatoms. The first-order valence-corrected chi connectivity index (χ1v) is 20.6. The van der Waals surface area contributed by atoms with Crippen molar-refractivity contribution in [2.45, 2.75) is 19.3 Å². The van der Waals surface area contributed by atoms with Gasteiger partial charge < -0.3 is 4.90 Å². The van der Waals surface area contributed by atoms with Crippen LogP contribution in [0.2, 0.25) is 0 Å². The molecule has 1 aliphatic carbocycles. The molecule has 10 aromatic rings. The summed E-state index contributed by atoms with van der Waals surface area (Å²) >= 11 is 1.89. The molecule has 0 amide bonds. The van der Waals surface area contributed by atoms with Gasteiger partial charge in [0, 0.05) is 48.2 Å². The number of anilines is 3. The second kappa shape index (κ2) is 13.2. The smallest absolute Gasteiger partial charge is 0.0475 e. The first kappa shape index (κ1) is 33.6. The fourth-order valence-electron chi connectivity index (χ4n) is 9.17. The number of thiophene rings is 1. The molecule has 1 heterocycles. The Hall–Kier alpha value is -6.74. The zero-order chi connectivity index (χ0) is 38.1. The summed E-state index contributed by atoms with van der Waals surface area (Å²) in [4.78, 5) is 2.47. The minimum Gasteiger partial charge on any atom is -0.310 e. The topological polar surface area (TPSA) is 3.24 Å². The molecule has 0 spiro atoms. The van der Waals surface area contributed by atoms with Crippen molar-refractivity contribution in [2.75, 3.05) is 4.90 Å². The normalized spacial score (nSPS) is 12.9. The molecule has 0 N–H and O–H groups in total. The number of hydrogen-bond donors (Lipinski definition) is 0. The molecule has 1 nitrogen and oxygen atoms in total. The maximum atomic E-state index is 2.47. The van der Waals surface area contributed by atoms with Crippen molar-refractivity contribution < 1.29 is 0 Å². The number of benzene rings is 9. The lowest BCUT2D eigenvalue weighted by Crippen LogP contribution is -2.16. The zero-order valence-electron chi connectivity index (χ0n) is 31.9. The Labute approximate surface area is 337 Å². The van der Waals surface area contributed by atoms with Crippen molar-refractivity contribution in [1.29, 1.82) is 0 Å². The molecule has 0 saturated heterocycles. The van der Waals surface area contributed by atoms with Crippen molar-refractivity contribution in [1.82, 2.24) is 0 Å². The molecule has 270 valence electrons. The van der Waals surface area contributed by atoms with Crippen LogP contribution in [0.1, 0.15) is 25.0 Å². The molecule has 0 aliphatic heterocycles. The summed E-state index contributed by atoms with van der Waals surface area (Å²) in [5.41, 5.74) is 16.1. The van der Waals surface area contributed by atoms with Crippen molar-refractivity contribution in [2.24, 2.45) is 0 Å². The average molecular weight is 746 g/mol. The van der Waals surface area contributed by atoms with Gasteiger partial charge in [-0.15, -0.1) is 11.3 Å². The number of rotatable bonds is 6. The van der Waals surface area contributed by atoms with E-state index in [1.807, 2.05) is 11.3 Å². The highest BCUT2D eigenvalue weighted by Gasteiger charge is 2.35. The third-order valence-electron chi connectivity index (χ3n) is 12.1. The lowest BCUT2D eigenvalue weighted by molar-refractivity contribution is 0.660. The summed E-state index contributed by atoms with van der Waals surface area (Å²) in [6, 6.07) is 73.9. The first-order valence-electron chi connectivity index (χ1n) is 19.8. The van der Waals surface area contributed by atoms with Crippen molar-refractivity contribution in [3.8, 4) is 44.5 Å². The van der Waals surface area contributed by atoms with Gasteiger partial charge in [0.2, 0.25) is 0 Å². The molecule has 0 fully saturated rings. The van der Waals surface area contributed by atoms with Crippen LogP contribution in [-0.4, -0.2) is 0 Å². The Kier molecular flexibility index (Phi) is 7.77. The van der Waals surface area contributed by atoms with Crippen LogP contribution in [0.3, 0.4) is 0 Å². The number of hydrogen-bond acceptors (Lipinski definition) is 2. The summed E-state index contributed by atoms with van der Waals surface area (Å²) in [5, 5.41) is 5.09. The third-order valence-corrected chi connectivity index (χ3v) is 13.3. The van der Waals surface area contributed by atoms with Crippen LogP contribution in [0.4, 0.5) is 17.1 Å². The van der Waals surface area contributed by atoms with Crippen molar-refractivity contribution in [3.05, 3.63) is 211 Å². The van der Waals surface area contributed by atoms with Gasteiger partial charge in [0.25, 0.3) is 0 Å². The van der Waals surface area contributed by atoms with Gasteiger partial charge in [0.15, 0.2) is 0 Å². The van der Waals surface area contributed by atoms with E-state index in [0.29, 0.717) is 0 Å². The Morgan fingerprint density at radius 3 is 1.81 bits per heavy atom. The highest BCUT2D eigenvalue weighted by atomic mass is 32.1. The second-order valence-electron chi connectivity index (χ2n) is 15.7. The van der Waals surface area contributed by atoms with Crippen LogP contribution in [0.15, 0.2) is 200 Å². The zero-order valence-corrected chi connectivity index (χ0v) is 32.7. The summed E-state index contributed by atoms with van der Waals surface area (Å²) in [7, 11) is 0. The standard InChI is InChI=1S/C55H39NS/c1-55(2)51-21-10-8-18-46(51)47-32-31-42(35-52(47)55)56(41-29-27-39(28-30-41)45-20-12-16-38-15-6-7-17-44(38)45)43-33-49(54-50(34-43)48-19-9-11-22-53(48)57-54)40-25-23-37(24-26-40)36-13-4-3-5-14-36/h3-35H,1-2H3. The molecule has 9 aromatic carbocycles. The lowest BCUT2D eigenvalue weighted by atomic mass is 9.82. The quantitative estimate of drug-likeness (QED) is 0.164. The molecule has 11 rings (SSSR count). The van der Waals surface area contributed by atoms with Gasteiger partial charge in [-0.3, -0.25) is 0 Å². The predicted octanol–water partition coefficient (Wildman–Crippen LogP) is 16.0. The number of nitrogens with zero attached hydrogens (tertiary/aromatic N) is 1. The van der Waals surface area contributed by atoms with Crippen LogP contribution in [-0.2, 0) is 5.41 Å². The van der Waals surface area contributed by atoms with E-state index in [4.69, 9.17) is 0 Å². The van der Waals surface area contributed by atoms with E-state index in [9.17, 15) is 0 Å². The molecule has 0 unspecified atom stereocenters. The lowest BCUT2D eigenvalue weighted by Gasteiger charge is -2.29. The van der Waals surface area contributed by atoms with Gasteiger partial charge in [-0.1, -0.05) is 172 Å². The van der Waals surface area contributed by atoms with Crippen molar-refractivity contribution >= 4 is 59.3 Å². The van der Waals surface area contributed by atoms with Gasteiger partial charge in [-0.25, -0.2) is 0 Å². The third kappa shape index (κ3) is 5.51. The maximum absolute atomic E-state index is 2.47. The van der Waals surface area contributed by atoms with Crippen LogP contribution >= 0.6 is 11.3 Å². The van der Waals surface area contributed by atoms with E-state index in [2.05, 4.69) is 219 Å². The Balaban J connectivity index is 1.12. The van der Waals surface area contributed by atoms with Crippen LogP contribution in [0, 0.1) is 0 Å². The summed E-state index contributed by atoms with van der Waals surface area (Å²) in [6.07, 6.45) is 0.